The van der Waals surface area contributed by atoms with E-state index in [-0.39, 0.29) is 25.1 Å². The Morgan fingerprint density at radius 1 is 0.928 bits per heavy atom. The summed E-state index contributed by atoms with van der Waals surface area (Å²) in [5.74, 6) is -1.29. The summed E-state index contributed by atoms with van der Waals surface area (Å²) in [6.07, 6.45) is -0.933. The molecule has 3 N–H and O–H groups in total. The van der Waals surface area contributed by atoms with E-state index >= 15 is 4.39 Å². The molecule has 15 nitrogen and oxygen atoms in total. The Hall–Kier alpha value is -6.63. The van der Waals surface area contributed by atoms with Gasteiger partial charge in [0.05, 0.1) is 47.5 Å². The molecule has 1 unspecified atom stereocenters. The van der Waals surface area contributed by atoms with E-state index in [1.54, 1.807) is 55.0 Å². The Kier molecular flexibility index (Phi) is 14.0. The van der Waals surface area contributed by atoms with Crippen molar-refractivity contribution >= 4 is 52.1 Å². The molecule has 0 bridgehead atoms. The first-order chi connectivity index (χ1) is 32.8. The largest absolute Gasteiger partial charge is 0.484 e. The summed E-state index contributed by atoms with van der Waals surface area (Å²) in [5, 5.41) is 26.2. The van der Waals surface area contributed by atoms with Gasteiger partial charge < -0.3 is 30.1 Å². The van der Waals surface area contributed by atoms with E-state index in [4.69, 9.17) is 14.5 Å². The van der Waals surface area contributed by atoms with Gasteiger partial charge in [0, 0.05) is 35.0 Å². The summed E-state index contributed by atoms with van der Waals surface area (Å²) in [7, 11) is 1.34. The molecule has 0 radical (unpaired) electrons. The van der Waals surface area contributed by atoms with Crippen LogP contribution in [0.1, 0.15) is 97.1 Å². The van der Waals surface area contributed by atoms with E-state index in [0.717, 1.165) is 48.3 Å². The van der Waals surface area contributed by atoms with Crippen molar-refractivity contribution in [3.63, 3.8) is 0 Å². The van der Waals surface area contributed by atoms with Crippen LogP contribution < -0.4 is 15.4 Å². The molecule has 3 aromatic carbocycles. The number of nitrogens with zero attached hydrogens (tertiary/aromatic N) is 6. The monoisotopic (exact) mass is 974 g/mol. The third kappa shape index (κ3) is 10.2. The predicted octanol–water partition coefficient (Wildman–Crippen LogP) is 7.70. The maximum atomic E-state index is 15.3. The number of benzene rings is 3. The number of carbonyl (C=O) groups is 4. The fourth-order valence-electron chi connectivity index (χ4n) is 8.77. The Morgan fingerprint density at radius 2 is 1.62 bits per heavy atom. The molecule has 2 aliphatic heterocycles. The molecule has 18 heteroatoms. The molecule has 6 aromatic rings. The molecule has 3 aromatic heterocycles. The van der Waals surface area contributed by atoms with Crippen molar-refractivity contribution in [3.05, 3.63) is 123 Å². The number of thiophene rings is 1. The Balaban J connectivity index is 0.944. The summed E-state index contributed by atoms with van der Waals surface area (Å²) in [6.45, 7) is 14.5. The van der Waals surface area contributed by atoms with Crippen LogP contribution in [0.2, 0.25) is 0 Å². The molecule has 0 aliphatic carbocycles. The SMILES string of the molecule is COC(=O)C[C@@H]1N=C(c2ccc(-c3cc(F)cc(OCC(=O)NC(C(=O)N4C[C@H](O)C[C@H]4C(=O)N[C@@H](C)c4ccc(-c5scnc5C)cc4)C(C)(C)C)c3)cc2)c2c(sc(C)c2C)-n2c(C)nnc21. The fourth-order valence-corrected chi connectivity index (χ4v) is 10.8. The number of fused-ring (bicyclic) bond motifs is 3. The van der Waals surface area contributed by atoms with Crippen LogP contribution >= 0.6 is 22.7 Å². The zero-order valence-corrected chi connectivity index (χ0v) is 41.6. The van der Waals surface area contributed by atoms with Crippen LogP contribution in [-0.4, -0.2) is 97.6 Å². The molecule has 5 heterocycles. The lowest BCUT2D eigenvalue weighted by molar-refractivity contribution is -0.144. The first-order valence-corrected chi connectivity index (χ1v) is 24.3. The highest BCUT2D eigenvalue weighted by atomic mass is 32.1. The summed E-state index contributed by atoms with van der Waals surface area (Å²) >= 11 is 3.16. The molecule has 3 amide bonds. The van der Waals surface area contributed by atoms with Crippen molar-refractivity contribution in [1.82, 2.24) is 35.3 Å². The Morgan fingerprint density at radius 3 is 2.29 bits per heavy atom. The molecule has 5 atom stereocenters. The van der Waals surface area contributed by atoms with Gasteiger partial charge in [-0.3, -0.25) is 28.7 Å². The number of aliphatic hydroxyl groups is 1. The Labute approximate surface area is 407 Å². The number of rotatable bonds is 13. The van der Waals surface area contributed by atoms with E-state index in [1.165, 1.54) is 24.1 Å². The number of thiazole rings is 1. The molecule has 1 fully saturated rings. The second kappa shape index (κ2) is 19.8. The lowest BCUT2D eigenvalue weighted by Crippen LogP contribution is -2.58. The van der Waals surface area contributed by atoms with Crippen LogP contribution in [0.25, 0.3) is 26.6 Å². The third-order valence-electron chi connectivity index (χ3n) is 12.6. The first-order valence-electron chi connectivity index (χ1n) is 22.6. The topological polar surface area (TPSA) is 190 Å². The highest BCUT2D eigenvalue weighted by Gasteiger charge is 2.45. The van der Waals surface area contributed by atoms with Crippen molar-refractivity contribution < 1.29 is 38.1 Å². The van der Waals surface area contributed by atoms with Crippen molar-refractivity contribution in [1.29, 1.82) is 0 Å². The molecule has 0 saturated carbocycles. The summed E-state index contributed by atoms with van der Waals surface area (Å²) in [4.78, 5) is 67.1. The number of hydrogen-bond acceptors (Lipinski definition) is 13. The van der Waals surface area contributed by atoms with Crippen LogP contribution in [0.4, 0.5) is 4.39 Å². The average molecular weight is 975 g/mol. The van der Waals surface area contributed by atoms with Gasteiger partial charge in [-0.25, -0.2) is 9.37 Å². The van der Waals surface area contributed by atoms with E-state index in [1.807, 2.05) is 87.7 Å². The standard InChI is InChI=1S/C51H55FN8O7S2/c1-26-29(4)69-50-43(26)44(55-39(22-42(63)66-9)47-58-57-30(5)60(47)50)33-14-12-32(13-15-33)35-18-36(52)20-38(19-35)67-24-41(62)56-46(51(6,7)8)49(65)59-23-37(61)21-40(59)48(64)54-27(2)31-10-16-34(17-11-31)45-28(3)53-25-68-45/h10-20,25,27,37,39-40,46,61H,21-24H2,1-9H3,(H,54,64)(H,56,62)/t27-,37+,39-,40-,46?/m0/s1. The van der Waals surface area contributed by atoms with Crippen LogP contribution in [0.5, 0.6) is 5.75 Å². The summed E-state index contributed by atoms with van der Waals surface area (Å²) < 4.78 is 28.1. The van der Waals surface area contributed by atoms with Gasteiger partial charge in [0.2, 0.25) is 11.8 Å². The number of halogens is 1. The van der Waals surface area contributed by atoms with Crippen molar-refractivity contribution in [2.24, 2.45) is 10.4 Å². The van der Waals surface area contributed by atoms with E-state index < -0.39 is 71.8 Å². The highest BCUT2D eigenvalue weighted by Crippen LogP contribution is 2.40. The third-order valence-corrected chi connectivity index (χ3v) is 14.8. The van der Waals surface area contributed by atoms with Crippen LogP contribution in [0, 0.1) is 38.9 Å². The first kappa shape index (κ1) is 48.8. The number of hydrogen-bond donors (Lipinski definition) is 3. The van der Waals surface area contributed by atoms with Crippen LogP contribution in [0.15, 0.2) is 77.2 Å². The minimum absolute atomic E-state index is 0.0339. The number of esters is 1. The van der Waals surface area contributed by atoms with Gasteiger partial charge in [0.25, 0.3) is 5.91 Å². The maximum absolute atomic E-state index is 15.3. The molecule has 0 spiro atoms. The minimum Gasteiger partial charge on any atom is -0.484 e. The van der Waals surface area contributed by atoms with Gasteiger partial charge in [0.15, 0.2) is 12.4 Å². The second-order valence-corrected chi connectivity index (χ2v) is 20.7. The number of β-amino-alcohol motifs (C(OH)–C–C–N with tert-alkyl or cyclic N) is 1. The number of aromatic nitrogens is 4. The average Bonchev–Trinajstić information content (AvgIpc) is 4.08. The Bertz CT molecular complexity index is 2960. The van der Waals surface area contributed by atoms with Gasteiger partial charge in [-0.2, -0.15) is 0 Å². The quantitative estimate of drug-likeness (QED) is 0.0968. The number of amides is 3. The lowest BCUT2D eigenvalue weighted by Gasteiger charge is -2.35. The van der Waals surface area contributed by atoms with Gasteiger partial charge in [-0.05, 0) is 80.0 Å². The zero-order chi connectivity index (χ0) is 49.5. The van der Waals surface area contributed by atoms with Gasteiger partial charge >= 0.3 is 5.97 Å². The summed E-state index contributed by atoms with van der Waals surface area (Å²) in [6, 6.07) is 16.4. The van der Waals surface area contributed by atoms with E-state index in [2.05, 4.69) is 25.8 Å². The van der Waals surface area contributed by atoms with Gasteiger partial charge in [0.1, 0.15) is 40.5 Å². The number of aliphatic hydroxyl groups excluding tert-OH is 1. The molecular weight excluding hydrogens is 920 g/mol. The number of aryl methyl sites for hydroxylation is 3. The number of nitrogens with one attached hydrogen (secondary N) is 2. The van der Waals surface area contributed by atoms with E-state index in [9.17, 15) is 24.3 Å². The second-order valence-electron chi connectivity index (χ2n) is 18.6. The number of aliphatic imine (C=N–C) groups is 1. The van der Waals surface area contributed by atoms with Crippen molar-refractivity contribution in [3.8, 4) is 32.3 Å². The normalized spacial score (nSPS) is 17.5. The molecule has 69 heavy (non-hydrogen) atoms. The summed E-state index contributed by atoms with van der Waals surface area (Å²) in [5.41, 5.74) is 8.38. The number of likely N-dealkylation sites (tertiary alicyclic amines) is 1. The van der Waals surface area contributed by atoms with Gasteiger partial charge in [-0.15, -0.1) is 32.9 Å². The predicted molar refractivity (Wildman–Crippen MR) is 262 cm³/mol. The number of carbonyl (C=O) groups excluding carboxylic acids is 4. The van der Waals surface area contributed by atoms with Crippen LogP contribution in [0.3, 0.4) is 0 Å². The molecule has 2 aliphatic rings. The molecule has 1 saturated heterocycles. The minimum atomic E-state index is -1.09. The zero-order valence-electron chi connectivity index (χ0n) is 39.9. The molecule has 360 valence electrons. The lowest BCUT2D eigenvalue weighted by atomic mass is 9.85. The molecule has 8 rings (SSSR count). The van der Waals surface area contributed by atoms with E-state index in [0.29, 0.717) is 28.5 Å². The van der Waals surface area contributed by atoms with Gasteiger partial charge in [-0.1, -0.05) is 69.3 Å². The maximum Gasteiger partial charge on any atom is 0.308 e. The highest BCUT2D eigenvalue weighted by molar-refractivity contribution is 7.15. The van der Waals surface area contributed by atoms with Crippen molar-refractivity contribution in [2.45, 2.75) is 98.5 Å². The number of ether oxygens (including phenoxy) is 2. The van der Waals surface area contributed by atoms with Crippen LogP contribution in [-0.2, 0) is 23.9 Å². The molecular formula is C51H55FN8O7S2. The fraction of sp³-hybridized carbons (Fsp3) is 0.373. The van der Waals surface area contributed by atoms with Crippen molar-refractivity contribution in [2.75, 3.05) is 20.3 Å². The number of methoxy groups -OCH3 is 1. The smallest absolute Gasteiger partial charge is 0.308 e.